The Balaban J connectivity index is 2.74. The van der Waals surface area contributed by atoms with Gasteiger partial charge in [0.05, 0.1) is 12.5 Å². The molecule has 0 spiro atoms. The topological polar surface area (TPSA) is 73.1 Å². The van der Waals surface area contributed by atoms with Crippen molar-refractivity contribution in [1.82, 2.24) is 15.1 Å². The molecular formula is C11H15N5O. The lowest BCUT2D eigenvalue weighted by molar-refractivity contribution is 0.0821. The van der Waals surface area contributed by atoms with Crippen molar-refractivity contribution >= 4 is 11.7 Å². The predicted octanol–water partition coefficient (Wildman–Crippen LogP) is 0.528. The van der Waals surface area contributed by atoms with Crippen molar-refractivity contribution in [3.63, 3.8) is 0 Å². The van der Waals surface area contributed by atoms with Crippen LogP contribution in [0.3, 0.4) is 0 Å². The van der Waals surface area contributed by atoms with E-state index in [2.05, 4.69) is 16.3 Å². The molecule has 0 aromatic carbocycles. The van der Waals surface area contributed by atoms with Gasteiger partial charge in [-0.1, -0.05) is 0 Å². The molecule has 0 saturated heterocycles. The van der Waals surface area contributed by atoms with E-state index in [0.717, 1.165) is 0 Å². The first-order chi connectivity index (χ1) is 8.06. The van der Waals surface area contributed by atoms with E-state index in [1.807, 2.05) is 11.9 Å². The predicted molar refractivity (Wildman–Crippen MR) is 63.5 cm³/mol. The van der Waals surface area contributed by atoms with Crippen molar-refractivity contribution in [2.24, 2.45) is 0 Å². The molecule has 1 heterocycles. The number of nitrogens with zero attached hydrogens (tertiary/aromatic N) is 5. The van der Waals surface area contributed by atoms with E-state index in [9.17, 15) is 4.79 Å². The molecule has 90 valence electrons. The summed E-state index contributed by atoms with van der Waals surface area (Å²) in [5.74, 6) is 0.472. The van der Waals surface area contributed by atoms with E-state index >= 15 is 0 Å². The van der Waals surface area contributed by atoms with Crippen molar-refractivity contribution in [2.75, 3.05) is 32.6 Å². The van der Waals surface area contributed by atoms with Gasteiger partial charge in [0, 0.05) is 27.7 Å². The SMILES string of the molecule is CN(C)C(=O)c1ccc(N(C)CCC#N)nn1. The van der Waals surface area contributed by atoms with Crippen LogP contribution in [0.25, 0.3) is 0 Å². The van der Waals surface area contributed by atoms with E-state index in [1.165, 1.54) is 4.90 Å². The van der Waals surface area contributed by atoms with Gasteiger partial charge in [0.25, 0.3) is 5.91 Å². The van der Waals surface area contributed by atoms with Gasteiger partial charge in [-0.25, -0.2) is 0 Å². The molecule has 6 heteroatoms. The lowest BCUT2D eigenvalue weighted by atomic mass is 10.3. The number of nitriles is 1. The standard InChI is InChI=1S/C11H15N5O/c1-15(2)11(17)9-5-6-10(14-13-9)16(3)8-4-7-12/h5-6H,4,8H2,1-3H3. The molecule has 0 aliphatic heterocycles. The Morgan fingerprint density at radius 2 is 2.06 bits per heavy atom. The van der Waals surface area contributed by atoms with Crippen LogP contribution in [0.2, 0.25) is 0 Å². The van der Waals surface area contributed by atoms with Crippen LogP contribution in [0.1, 0.15) is 16.9 Å². The zero-order valence-electron chi connectivity index (χ0n) is 10.2. The second kappa shape index (κ2) is 5.80. The zero-order chi connectivity index (χ0) is 12.8. The van der Waals surface area contributed by atoms with E-state index in [0.29, 0.717) is 24.5 Å². The summed E-state index contributed by atoms with van der Waals surface area (Å²) in [5.41, 5.74) is 0.312. The Labute approximate surface area is 100 Å². The Morgan fingerprint density at radius 1 is 1.35 bits per heavy atom. The van der Waals surface area contributed by atoms with Crippen molar-refractivity contribution in [1.29, 1.82) is 5.26 Å². The third kappa shape index (κ3) is 3.41. The summed E-state index contributed by atoms with van der Waals surface area (Å²) in [6, 6.07) is 5.42. The lowest BCUT2D eigenvalue weighted by Crippen LogP contribution is -2.24. The normalized spacial score (nSPS) is 9.53. The van der Waals surface area contributed by atoms with Crippen LogP contribution < -0.4 is 4.90 Å². The molecule has 0 aliphatic rings. The van der Waals surface area contributed by atoms with Crippen molar-refractivity contribution in [2.45, 2.75) is 6.42 Å². The third-order valence-electron chi connectivity index (χ3n) is 2.23. The molecule has 0 saturated carbocycles. The van der Waals surface area contributed by atoms with Crippen molar-refractivity contribution in [3.05, 3.63) is 17.8 Å². The highest BCUT2D eigenvalue weighted by Gasteiger charge is 2.11. The number of carbonyl (C=O) groups excluding carboxylic acids is 1. The molecule has 0 bridgehead atoms. The van der Waals surface area contributed by atoms with Gasteiger partial charge in [-0.3, -0.25) is 4.79 Å². The molecule has 1 aromatic heterocycles. The van der Waals surface area contributed by atoms with E-state index in [4.69, 9.17) is 5.26 Å². The van der Waals surface area contributed by atoms with Gasteiger partial charge in [0.1, 0.15) is 0 Å². The van der Waals surface area contributed by atoms with Gasteiger partial charge in [-0.2, -0.15) is 5.26 Å². The van der Waals surface area contributed by atoms with Crippen LogP contribution in [0.15, 0.2) is 12.1 Å². The highest BCUT2D eigenvalue weighted by molar-refractivity contribution is 5.91. The average molecular weight is 233 g/mol. The minimum absolute atomic E-state index is 0.177. The quantitative estimate of drug-likeness (QED) is 0.758. The molecule has 0 fully saturated rings. The molecule has 6 nitrogen and oxygen atoms in total. The van der Waals surface area contributed by atoms with E-state index in [1.54, 1.807) is 26.2 Å². The van der Waals surface area contributed by atoms with E-state index in [-0.39, 0.29) is 5.91 Å². The Kier molecular flexibility index (Phi) is 4.40. The number of rotatable bonds is 4. The fourth-order valence-electron chi connectivity index (χ4n) is 1.20. The second-order valence-corrected chi connectivity index (χ2v) is 3.81. The number of hydrogen-bond donors (Lipinski definition) is 0. The van der Waals surface area contributed by atoms with Crippen LogP contribution in [0.4, 0.5) is 5.82 Å². The van der Waals surface area contributed by atoms with E-state index < -0.39 is 0 Å². The fraction of sp³-hybridized carbons (Fsp3) is 0.455. The summed E-state index contributed by atoms with van der Waals surface area (Å²) >= 11 is 0. The van der Waals surface area contributed by atoms with Gasteiger partial charge in [-0.05, 0) is 12.1 Å². The molecule has 17 heavy (non-hydrogen) atoms. The Bertz CT molecular complexity index is 420. The summed E-state index contributed by atoms with van der Waals surface area (Å²) in [6.07, 6.45) is 0.427. The number of amides is 1. The maximum Gasteiger partial charge on any atom is 0.273 e. The second-order valence-electron chi connectivity index (χ2n) is 3.81. The number of carbonyl (C=O) groups is 1. The highest BCUT2D eigenvalue weighted by atomic mass is 16.2. The average Bonchev–Trinajstić information content (AvgIpc) is 2.35. The molecule has 0 unspecified atom stereocenters. The van der Waals surface area contributed by atoms with Gasteiger partial charge in [0.15, 0.2) is 11.5 Å². The zero-order valence-corrected chi connectivity index (χ0v) is 10.2. The smallest absolute Gasteiger partial charge is 0.273 e. The largest absolute Gasteiger partial charge is 0.357 e. The van der Waals surface area contributed by atoms with Crippen molar-refractivity contribution in [3.8, 4) is 6.07 Å². The Hall–Kier alpha value is -2.16. The minimum atomic E-state index is -0.177. The number of anilines is 1. The van der Waals surface area contributed by atoms with Crippen LogP contribution in [0, 0.1) is 11.3 Å². The van der Waals surface area contributed by atoms with Gasteiger partial charge in [-0.15, -0.1) is 10.2 Å². The molecule has 0 aliphatic carbocycles. The summed E-state index contributed by atoms with van der Waals surface area (Å²) in [4.78, 5) is 14.8. The van der Waals surface area contributed by atoms with Gasteiger partial charge < -0.3 is 9.80 Å². The van der Waals surface area contributed by atoms with Gasteiger partial charge in [0.2, 0.25) is 0 Å². The summed E-state index contributed by atoms with van der Waals surface area (Å²) in [6.45, 7) is 0.589. The molecule has 0 radical (unpaired) electrons. The molecule has 1 amide bonds. The maximum absolute atomic E-state index is 11.6. The Morgan fingerprint density at radius 3 is 2.53 bits per heavy atom. The first kappa shape index (κ1) is 12.9. The van der Waals surface area contributed by atoms with Crippen LogP contribution in [0.5, 0.6) is 0 Å². The summed E-state index contributed by atoms with van der Waals surface area (Å²) in [7, 11) is 5.16. The highest BCUT2D eigenvalue weighted by Crippen LogP contribution is 2.08. The fourth-order valence-corrected chi connectivity index (χ4v) is 1.20. The maximum atomic E-state index is 11.6. The third-order valence-corrected chi connectivity index (χ3v) is 2.23. The molecule has 1 aromatic rings. The van der Waals surface area contributed by atoms with Gasteiger partial charge >= 0.3 is 0 Å². The van der Waals surface area contributed by atoms with Crippen LogP contribution >= 0.6 is 0 Å². The number of hydrogen-bond acceptors (Lipinski definition) is 5. The first-order valence-corrected chi connectivity index (χ1v) is 5.19. The molecular weight excluding hydrogens is 218 g/mol. The van der Waals surface area contributed by atoms with Crippen molar-refractivity contribution < 1.29 is 4.79 Å². The van der Waals surface area contributed by atoms with Crippen LogP contribution in [-0.4, -0.2) is 48.7 Å². The molecule has 0 N–H and O–H groups in total. The number of aromatic nitrogens is 2. The summed E-state index contributed by atoms with van der Waals surface area (Å²) in [5, 5.41) is 16.3. The monoisotopic (exact) mass is 233 g/mol. The molecule has 0 atom stereocenters. The molecule has 1 rings (SSSR count). The minimum Gasteiger partial charge on any atom is -0.357 e. The summed E-state index contributed by atoms with van der Waals surface area (Å²) < 4.78 is 0. The first-order valence-electron chi connectivity index (χ1n) is 5.19. The van der Waals surface area contributed by atoms with Crippen LogP contribution in [-0.2, 0) is 0 Å². The lowest BCUT2D eigenvalue weighted by Gasteiger charge is -2.16.